The third-order valence-electron chi connectivity index (χ3n) is 11.5. The number of oxazole rings is 1. The number of carbonyl (C=O) groups is 1. The molecule has 0 amide bonds. The highest BCUT2D eigenvalue weighted by Gasteiger charge is 2.68. The monoisotopic (exact) mass is 596 g/mol. The summed E-state index contributed by atoms with van der Waals surface area (Å²) in [5.74, 6) is 0.327. The Morgan fingerprint density at radius 3 is 2.81 bits per heavy atom. The first kappa shape index (κ1) is 27.3. The number of rotatable bonds is 5. The maximum Gasteiger partial charge on any atom is 0.258 e. The van der Waals surface area contributed by atoms with Gasteiger partial charge in [-0.3, -0.25) is 4.79 Å². The number of benzene rings is 1. The van der Waals surface area contributed by atoms with Crippen LogP contribution in [0.1, 0.15) is 57.2 Å². The Bertz CT molecular complexity index is 1730. The highest BCUT2D eigenvalue weighted by atomic mass is 32.2. The average Bonchev–Trinajstić information content (AvgIpc) is 3.68. The van der Waals surface area contributed by atoms with E-state index in [1.165, 1.54) is 22.9 Å². The maximum atomic E-state index is 13.8. The number of allylic oxidation sites excluding steroid dienone is 1. The van der Waals surface area contributed by atoms with E-state index in [1.807, 2.05) is 36.0 Å². The molecule has 8 rings (SSSR count). The van der Waals surface area contributed by atoms with Gasteiger partial charge >= 0.3 is 0 Å². The number of ketones is 1. The van der Waals surface area contributed by atoms with Crippen LogP contribution in [0.5, 0.6) is 0 Å². The van der Waals surface area contributed by atoms with E-state index < -0.39 is 17.1 Å². The second-order valence-corrected chi connectivity index (χ2v) is 14.4. The Morgan fingerprint density at radius 2 is 2.00 bits per heavy atom. The van der Waals surface area contributed by atoms with Gasteiger partial charge in [0.15, 0.2) is 17.0 Å². The number of fused-ring (bicyclic) bond motifs is 7. The van der Waals surface area contributed by atoms with Gasteiger partial charge in [0.25, 0.3) is 5.22 Å². The highest BCUT2D eigenvalue weighted by molar-refractivity contribution is 7.99. The van der Waals surface area contributed by atoms with E-state index in [1.54, 1.807) is 18.3 Å². The van der Waals surface area contributed by atoms with Gasteiger partial charge in [-0.1, -0.05) is 49.4 Å². The zero-order chi connectivity index (χ0) is 29.6. The van der Waals surface area contributed by atoms with Crippen molar-refractivity contribution >= 4 is 34.9 Å². The SMILES string of the molecule is CC12Cc3cnn(-c4ccccc4)c3C=C1CCC1C2[C@@H](O)CC2(C)C1CC[C@]2(O)C(=O)CSc1nc2ncccc2o1. The molecule has 43 heavy (non-hydrogen) atoms. The first-order valence-corrected chi connectivity index (χ1v) is 16.3. The number of pyridine rings is 1. The van der Waals surface area contributed by atoms with Crippen molar-refractivity contribution in [1.82, 2.24) is 19.7 Å². The molecule has 222 valence electrons. The fraction of sp³-hybridized carbons (Fsp3) is 0.471. The van der Waals surface area contributed by atoms with Crippen LogP contribution in [-0.2, 0) is 11.2 Å². The predicted octanol–water partition coefficient (Wildman–Crippen LogP) is 5.65. The van der Waals surface area contributed by atoms with Crippen LogP contribution >= 0.6 is 11.8 Å². The van der Waals surface area contributed by atoms with Crippen LogP contribution < -0.4 is 0 Å². The smallest absolute Gasteiger partial charge is 0.258 e. The van der Waals surface area contributed by atoms with Gasteiger partial charge < -0.3 is 14.6 Å². The lowest BCUT2D eigenvalue weighted by Crippen LogP contribution is -2.62. The summed E-state index contributed by atoms with van der Waals surface area (Å²) >= 11 is 1.20. The van der Waals surface area contributed by atoms with Crippen molar-refractivity contribution in [2.24, 2.45) is 28.6 Å². The molecule has 3 heterocycles. The molecular formula is C34H36N4O4S. The van der Waals surface area contributed by atoms with Crippen molar-refractivity contribution in [3.63, 3.8) is 0 Å². The predicted molar refractivity (Wildman–Crippen MR) is 164 cm³/mol. The Morgan fingerprint density at radius 1 is 1.16 bits per heavy atom. The lowest BCUT2D eigenvalue weighted by molar-refractivity contribution is -0.177. The molecule has 0 radical (unpaired) electrons. The molecule has 0 saturated heterocycles. The van der Waals surface area contributed by atoms with Gasteiger partial charge in [0.2, 0.25) is 0 Å². The summed E-state index contributed by atoms with van der Waals surface area (Å²) in [5.41, 5.74) is 3.49. The molecule has 4 aliphatic carbocycles. The zero-order valence-corrected chi connectivity index (χ0v) is 25.3. The summed E-state index contributed by atoms with van der Waals surface area (Å²) in [6, 6.07) is 13.8. The molecule has 7 atom stereocenters. The molecule has 0 bridgehead atoms. The molecule has 5 unspecified atom stereocenters. The molecule has 3 fully saturated rings. The number of para-hydroxylation sites is 1. The van der Waals surface area contributed by atoms with Crippen LogP contribution in [0.25, 0.3) is 23.0 Å². The van der Waals surface area contributed by atoms with Crippen molar-refractivity contribution in [1.29, 1.82) is 0 Å². The summed E-state index contributed by atoms with van der Waals surface area (Å²) in [4.78, 5) is 22.4. The first-order chi connectivity index (χ1) is 20.7. The molecule has 3 aromatic heterocycles. The maximum absolute atomic E-state index is 13.8. The Kier molecular flexibility index (Phi) is 6.10. The number of hydrogen-bond acceptors (Lipinski definition) is 8. The quantitative estimate of drug-likeness (QED) is 0.284. The number of aliphatic hydroxyl groups excluding tert-OH is 1. The minimum atomic E-state index is -1.49. The number of aromatic nitrogens is 4. The number of hydrogen-bond donors (Lipinski definition) is 2. The van der Waals surface area contributed by atoms with Crippen molar-refractivity contribution in [2.45, 2.75) is 69.3 Å². The molecule has 4 aliphatic rings. The van der Waals surface area contributed by atoms with E-state index in [9.17, 15) is 15.0 Å². The second-order valence-electron chi connectivity index (χ2n) is 13.5. The third kappa shape index (κ3) is 3.90. The zero-order valence-electron chi connectivity index (χ0n) is 24.4. The fourth-order valence-electron chi connectivity index (χ4n) is 9.48. The minimum absolute atomic E-state index is 0.0641. The van der Waals surface area contributed by atoms with E-state index >= 15 is 0 Å². The summed E-state index contributed by atoms with van der Waals surface area (Å²) in [7, 11) is 0. The Labute approximate surface area is 254 Å². The molecule has 0 spiro atoms. The molecule has 2 N–H and O–H groups in total. The van der Waals surface area contributed by atoms with Gasteiger partial charge in [0, 0.05) is 11.6 Å². The lowest BCUT2D eigenvalue weighted by atomic mass is 9.45. The number of nitrogens with zero attached hydrogens (tertiary/aromatic N) is 4. The van der Waals surface area contributed by atoms with E-state index in [4.69, 9.17) is 9.52 Å². The van der Waals surface area contributed by atoms with Crippen molar-refractivity contribution in [3.05, 3.63) is 71.7 Å². The molecular weight excluding hydrogens is 560 g/mol. The Balaban J connectivity index is 1.05. The van der Waals surface area contributed by atoms with Gasteiger partial charge in [0.1, 0.15) is 5.60 Å². The van der Waals surface area contributed by atoms with Crippen LogP contribution in [-0.4, -0.2) is 53.2 Å². The van der Waals surface area contributed by atoms with Crippen molar-refractivity contribution in [3.8, 4) is 5.69 Å². The molecule has 9 heteroatoms. The number of thioether (sulfide) groups is 1. The second kappa shape index (κ2) is 9.61. The van der Waals surface area contributed by atoms with Crippen LogP contribution in [0.15, 0.2) is 70.1 Å². The number of Topliss-reactive ketones (excluding diaryl/α,β-unsaturated/α-hetero) is 1. The minimum Gasteiger partial charge on any atom is -0.430 e. The van der Waals surface area contributed by atoms with Crippen LogP contribution in [0.4, 0.5) is 0 Å². The summed E-state index contributed by atoms with van der Waals surface area (Å²) in [6.07, 6.45) is 9.71. The summed E-state index contributed by atoms with van der Waals surface area (Å²) in [6.45, 7) is 4.37. The van der Waals surface area contributed by atoms with Gasteiger partial charge in [-0.05, 0) is 97.6 Å². The normalized spacial score (nSPS) is 34.7. The number of aliphatic hydroxyl groups is 2. The fourth-order valence-corrected chi connectivity index (χ4v) is 10.3. The van der Waals surface area contributed by atoms with E-state index in [2.05, 4.69) is 35.1 Å². The van der Waals surface area contributed by atoms with E-state index in [0.717, 1.165) is 37.1 Å². The standard InChI is InChI=1S/C34H36N4O4S/c1-32-16-20-18-36-38(22-7-4-3-5-8-22)25(20)15-21(32)10-11-23-24-12-13-34(41,33(24,2)17-26(39)29(23)32)28(40)19-43-31-37-30-27(42-31)9-6-14-35-30/h3-9,14-15,18,23-24,26,29,39,41H,10-13,16-17,19H2,1-2H3/t23?,24?,26-,29?,32?,33?,34-/m0/s1. The molecule has 1 aromatic carbocycles. The van der Waals surface area contributed by atoms with E-state index in [0.29, 0.717) is 29.3 Å². The van der Waals surface area contributed by atoms with Crippen LogP contribution in [0.2, 0.25) is 0 Å². The molecule has 8 nitrogen and oxygen atoms in total. The topological polar surface area (TPSA) is 114 Å². The first-order valence-electron chi connectivity index (χ1n) is 15.3. The molecule has 4 aromatic rings. The van der Waals surface area contributed by atoms with Gasteiger partial charge in [-0.25, -0.2) is 9.67 Å². The van der Waals surface area contributed by atoms with Crippen LogP contribution in [0.3, 0.4) is 0 Å². The summed E-state index contributed by atoms with van der Waals surface area (Å²) < 4.78 is 7.78. The highest BCUT2D eigenvalue weighted by Crippen LogP contribution is 2.67. The number of carbonyl (C=O) groups excluding carboxylic acids is 1. The third-order valence-corrected chi connectivity index (χ3v) is 12.3. The lowest BCUT2D eigenvalue weighted by Gasteiger charge is -2.60. The molecule has 3 saturated carbocycles. The van der Waals surface area contributed by atoms with Gasteiger partial charge in [0.05, 0.1) is 29.4 Å². The largest absolute Gasteiger partial charge is 0.430 e. The van der Waals surface area contributed by atoms with Crippen molar-refractivity contribution in [2.75, 3.05) is 5.75 Å². The van der Waals surface area contributed by atoms with Gasteiger partial charge in [-0.15, -0.1) is 0 Å². The Hall–Kier alpha value is -3.27. The average molecular weight is 597 g/mol. The van der Waals surface area contributed by atoms with Crippen molar-refractivity contribution < 1.29 is 19.4 Å². The molecule has 0 aliphatic heterocycles. The van der Waals surface area contributed by atoms with E-state index in [-0.39, 0.29) is 34.7 Å². The van der Waals surface area contributed by atoms with Crippen LogP contribution in [0, 0.1) is 28.6 Å². The van der Waals surface area contributed by atoms with Gasteiger partial charge in [-0.2, -0.15) is 10.1 Å². The summed E-state index contributed by atoms with van der Waals surface area (Å²) in [5, 5.41) is 29.2.